The third-order valence-electron chi connectivity index (χ3n) is 4.92. The van der Waals surface area contributed by atoms with Crippen molar-refractivity contribution in [2.45, 2.75) is 32.2 Å². The third-order valence-corrected chi connectivity index (χ3v) is 5.62. The van der Waals surface area contributed by atoms with E-state index in [0.717, 1.165) is 47.5 Å². The predicted octanol–water partition coefficient (Wildman–Crippen LogP) is 4.05. The normalized spacial score (nSPS) is 13.6. The standard InChI is InChI=1S/C20H19BrN4O2/c21-17-9-8-16-18-14(17)6-5-7-15(18)19(26)25(20(16)27)11-4-2-1-3-10-24-13-22-12-23-24/h5-9,12-13H,1-4,10-11H2. The van der Waals surface area contributed by atoms with Crippen LogP contribution in [-0.2, 0) is 6.54 Å². The molecule has 0 N–H and O–H groups in total. The summed E-state index contributed by atoms with van der Waals surface area (Å²) in [6.07, 6.45) is 7.03. The number of aryl methyl sites for hydroxylation is 1. The lowest BCUT2D eigenvalue weighted by Gasteiger charge is -2.27. The monoisotopic (exact) mass is 426 g/mol. The number of hydrogen-bond acceptors (Lipinski definition) is 4. The Morgan fingerprint density at radius 3 is 2.37 bits per heavy atom. The van der Waals surface area contributed by atoms with Gasteiger partial charge in [0.15, 0.2) is 0 Å². The molecule has 0 spiro atoms. The van der Waals surface area contributed by atoms with E-state index < -0.39 is 0 Å². The molecule has 0 bridgehead atoms. The van der Waals surface area contributed by atoms with Crippen LogP contribution in [0.1, 0.15) is 46.4 Å². The van der Waals surface area contributed by atoms with Crippen molar-refractivity contribution in [3.8, 4) is 0 Å². The Hall–Kier alpha value is -2.54. The maximum absolute atomic E-state index is 12.9. The molecule has 1 aliphatic rings. The molecule has 2 heterocycles. The lowest BCUT2D eigenvalue weighted by molar-refractivity contribution is 0.0607. The van der Waals surface area contributed by atoms with Crippen LogP contribution >= 0.6 is 15.9 Å². The molecule has 27 heavy (non-hydrogen) atoms. The van der Waals surface area contributed by atoms with E-state index in [1.165, 1.54) is 11.2 Å². The van der Waals surface area contributed by atoms with Crippen LogP contribution in [0.5, 0.6) is 0 Å². The highest BCUT2D eigenvalue weighted by Crippen LogP contribution is 2.34. The Bertz CT molecular complexity index is 978. The zero-order chi connectivity index (χ0) is 18.8. The summed E-state index contributed by atoms with van der Waals surface area (Å²) in [7, 11) is 0. The summed E-state index contributed by atoms with van der Waals surface area (Å²) in [5, 5.41) is 5.74. The van der Waals surface area contributed by atoms with Gasteiger partial charge in [-0.25, -0.2) is 4.98 Å². The number of imide groups is 1. The number of halogens is 1. The van der Waals surface area contributed by atoms with Gasteiger partial charge in [-0.15, -0.1) is 0 Å². The lowest BCUT2D eigenvalue weighted by atomic mass is 9.94. The van der Waals surface area contributed by atoms with Gasteiger partial charge in [-0.05, 0) is 36.4 Å². The number of benzene rings is 2. The maximum Gasteiger partial charge on any atom is 0.261 e. The van der Waals surface area contributed by atoms with E-state index in [1.807, 2.05) is 22.9 Å². The second-order valence-electron chi connectivity index (χ2n) is 6.66. The fourth-order valence-electron chi connectivity index (χ4n) is 3.56. The molecule has 138 valence electrons. The lowest BCUT2D eigenvalue weighted by Crippen LogP contribution is -2.40. The molecular weight excluding hydrogens is 408 g/mol. The van der Waals surface area contributed by atoms with Crippen LogP contribution in [0.3, 0.4) is 0 Å². The first-order valence-corrected chi connectivity index (χ1v) is 9.86. The van der Waals surface area contributed by atoms with Crippen LogP contribution in [0, 0.1) is 0 Å². The highest BCUT2D eigenvalue weighted by molar-refractivity contribution is 9.10. The zero-order valence-electron chi connectivity index (χ0n) is 14.8. The zero-order valence-corrected chi connectivity index (χ0v) is 16.4. The van der Waals surface area contributed by atoms with Gasteiger partial charge >= 0.3 is 0 Å². The van der Waals surface area contributed by atoms with E-state index in [9.17, 15) is 9.59 Å². The van der Waals surface area contributed by atoms with E-state index in [4.69, 9.17) is 0 Å². The Kier molecular flexibility index (Phi) is 5.03. The van der Waals surface area contributed by atoms with E-state index in [-0.39, 0.29) is 11.8 Å². The van der Waals surface area contributed by atoms with Gasteiger partial charge < -0.3 is 0 Å². The maximum atomic E-state index is 12.9. The van der Waals surface area contributed by atoms with Crippen molar-refractivity contribution in [3.05, 3.63) is 58.6 Å². The summed E-state index contributed by atoms with van der Waals surface area (Å²) in [6, 6.07) is 9.27. The number of hydrogen-bond donors (Lipinski definition) is 0. The molecule has 3 aromatic rings. The molecule has 2 amide bonds. The molecule has 0 fully saturated rings. The molecule has 0 saturated heterocycles. The summed E-state index contributed by atoms with van der Waals surface area (Å²) in [5.74, 6) is -0.391. The van der Waals surface area contributed by atoms with Crippen LogP contribution in [0.15, 0.2) is 47.5 Å². The van der Waals surface area contributed by atoms with Crippen LogP contribution in [0.2, 0.25) is 0 Å². The van der Waals surface area contributed by atoms with E-state index >= 15 is 0 Å². The van der Waals surface area contributed by atoms with Gasteiger partial charge in [0.05, 0.1) is 0 Å². The largest absolute Gasteiger partial charge is 0.274 e. The van der Waals surface area contributed by atoms with Crippen molar-refractivity contribution in [1.29, 1.82) is 0 Å². The first-order valence-electron chi connectivity index (χ1n) is 9.06. The fourth-order valence-corrected chi connectivity index (χ4v) is 4.02. The SMILES string of the molecule is O=C1c2cccc3c(Br)ccc(c23)C(=O)N1CCCCCCn1cncn1. The molecule has 6 nitrogen and oxygen atoms in total. The van der Waals surface area contributed by atoms with Crippen LogP contribution in [-0.4, -0.2) is 38.0 Å². The second kappa shape index (κ2) is 7.60. The third kappa shape index (κ3) is 3.39. The molecule has 0 atom stereocenters. The minimum absolute atomic E-state index is 0.196. The van der Waals surface area contributed by atoms with Crippen LogP contribution < -0.4 is 0 Å². The number of nitrogens with zero attached hydrogens (tertiary/aromatic N) is 4. The van der Waals surface area contributed by atoms with E-state index in [1.54, 1.807) is 18.5 Å². The van der Waals surface area contributed by atoms with Crippen molar-refractivity contribution in [3.63, 3.8) is 0 Å². The Morgan fingerprint density at radius 2 is 1.63 bits per heavy atom. The average molecular weight is 427 g/mol. The number of carbonyl (C=O) groups is 2. The molecular formula is C20H19BrN4O2. The highest BCUT2D eigenvalue weighted by atomic mass is 79.9. The number of amides is 2. The van der Waals surface area contributed by atoms with Gasteiger partial charge in [-0.3, -0.25) is 19.2 Å². The molecule has 0 saturated carbocycles. The first-order chi connectivity index (χ1) is 13.2. The molecule has 0 radical (unpaired) electrons. The number of rotatable bonds is 7. The van der Waals surface area contributed by atoms with Crippen molar-refractivity contribution in [2.75, 3.05) is 6.54 Å². The molecule has 1 aromatic heterocycles. The number of carbonyl (C=O) groups excluding carboxylic acids is 2. The Morgan fingerprint density at radius 1 is 0.889 bits per heavy atom. The molecule has 4 rings (SSSR count). The number of aromatic nitrogens is 3. The van der Waals surface area contributed by atoms with E-state index in [0.29, 0.717) is 17.7 Å². The van der Waals surface area contributed by atoms with Crippen molar-refractivity contribution >= 4 is 38.5 Å². The first kappa shape index (κ1) is 17.9. The Labute approximate surface area is 165 Å². The summed E-state index contributed by atoms with van der Waals surface area (Å²) < 4.78 is 2.71. The van der Waals surface area contributed by atoms with Gasteiger partial charge in [0.2, 0.25) is 0 Å². The number of unbranched alkanes of at least 4 members (excludes halogenated alkanes) is 3. The quantitative estimate of drug-likeness (QED) is 0.422. The summed E-state index contributed by atoms with van der Waals surface area (Å²) in [5.41, 5.74) is 1.21. The topological polar surface area (TPSA) is 68.1 Å². The molecule has 2 aromatic carbocycles. The summed E-state index contributed by atoms with van der Waals surface area (Å²) in [6.45, 7) is 1.29. The Balaban J connectivity index is 1.40. The van der Waals surface area contributed by atoms with Crippen LogP contribution in [0.25, 0.3) is 10.8 Å². The van der Waals surface area contributed by atoms with Gasteiger partial charge in [-0.1, -0.05) is 40.9 Å². The fraction of sp³-hybridized carbons (Fsp3) is 0.300. The van der Waals surface area contributed by atoms with Gasteiger partial charge in [0, 0.05) is 34.1 Å². The van der Waals surface area contributed by atoms with Crippen molar-refractivity contribution in [1.82, 2.24) is 19.7 Å². The van der Waals surface area contributed by atoms with Gasteiger partial charge in [0.1, 0.15) is 12.7 Å². The summed E-state index contributed by atoms with van der Waals surface area (Å²) >= 11 is 3.51. The summed E-state index contributed by atoms with van der Waals surface area (Å²) in [4.78, 5) is 31.1. The van der Waals surface area contributed by atoms with Gasteiger partial charge in [-0.2, -0.15) is 5.10 Å². The highest BCUT2D eigenvalue weighted by Gasteiger charge is 2.32. The smallest absolute Gasteiger partial charge is 0.261 e. The molecule has 1 aliphatic heterocycles. The molecule has 0 unspecified atom stereocenters. The van der Waals surface area contributed by atoms with E-state index in [2.05, 4.69) is 26.0 Å². The van der Waals surface area contributed by atoms with Gasteiger partial charge in [0.25, 0.3) is 11.8 Å². The minimum atomic E-state index is -0.196. The molecule has 0 aliphatic carbocycles. The minimum Gasteiger partial charge on any atom is -0.274 e. The average Bonchev–Trinajstić information content (AvgIpc) is 3.19. The van der Waals surface area contributed by atoms with Crippen molar-refractivity contribution < 1.29 is 9.59 Å². The van der Waals surface area contributed by atoms with Crippen molar-refractivity contribution in [2.24, 2.45) is 0 Å². The van der Waals surface area contributed by atoms with Crippen LogP contribution in [0.4, 0.5) is 0 Å². The predicted molar refractivity (Wildman–Crippen MR) is 106 cm³/mol. The molecule has 7 heteroatoms. The second-order valence-corrected chi connectivity index (χ2v) is 7.51.